The van der Waals surface area contributed by atoms with E-state index in [9.17, 15) is 4.79 Å². The first-order chi connectivity index (χ1) is 8.15. The molecule has 0 aliphatic carbocycles. The van der Waals surface area contributed by atoms with Gasteiger partial charge in [-0.15, -0.1) is 30.8 Å². The van der Waals surface area contributed by atoms with Crippen LogP contribution < -0.4 is 5.32 Å². The van der Waals surface area contributed by atoms with Gasteiger partial charge in [-0.25, -0.2) is 0 Å². The summed E-state index contributed by atoms with van der Waals surface area (Å²) >= 11 is 9.21. The van der Waals surface area contributed by atoms with Crippen molar-refractivity contribution in [3.05, 3.63) is 28.2 Å². The summed E-state index contributed by atoms with van der Waals surface area (Å²) in [6.07, 6.45) is 5.12. The van der Waals surface area contributed by atoms with Crippen LogP contribution in [0.25, 0.3) is 0 Å². The van der Waals surface area contributed by atoms with E-state index in [-0.39, 0.29) is 5.91 Å². The topological polar surface area (TPSA) is 29.1 Å². The van der Waals surface area contributed by atoms with E-state index in [0.717, 1.165) is 10.2 Å². The number of carbonyl (C=O) groups is 1. The maximum absolute atomic E-state index is 11.8. The summed E-state index contributed by atoms with van der Waals surface area (Å²) in [6.45, 7) is 0.606. The first-order valence-corrected chi connectivity index (χ1v) is 7.32. The maximum atomic E-state index is 11.8. The second kappa shape index (κ2) is 7.70. The molecule has 0 heterocycles. The first kappa shape index (κ1) is 14.5. The van der Waals surface area contributed by atoms with Crippen LogP contribution in [0.15, 0.2) is 27.6 Å². The summed E-state index contributed by atoms with van der Waals surface area (Å²) in [5.74, 6) is 3.91. The fourth-order valence-corrected chi connectivity index (χ4v) is 2.52. The fraction of sp³-hybridized carbons (Fsp3) is 0.250. The quantitative estimate of drug-likeness (QED) is 0.494. The smallest absolute Gasteiger partial charge is 0.252 e. The number of halogens is 1. The molecule has 0 saturated heterocycles. The second-order valence-corrected chi connectivity index (χ2v) is 5.68. The van der Waals surface area contributed by atoms with Crippen molar-refractivity contribution in [2.24, 2.45) is 0 Å². The zero-order valence-corrected chi connectivity index (χ0v) is 12.4. The Morgan fingerprint density at radius 2 is 2.35 bits per heavy atom. The van der Waals surface area contributed by atoms with Gasteiger partial charge in [-0.05, 0) is 18.2 Å². The van der Waals surface area contributed by atoms with E-state index < -0.39 is 0 Å². The number of thioether (sulfide) groups is 1. The van der Waals surface area contributed by atoms with Gasteiger partial charge in [0.1, 0.15) is 0 Å². The third-order valence-electron chi connectivity index (χ3n) is 1.92. The molecule has 1 N–H and O–H groups in total. The molecule has 1 amide bonds. The molecule has 0 aliphatic rings. The Kier molecular flexibility index (Phi) is 6.56. The molecule has 0 fully saturated rings. The van der Waals surface area contributed by atoms with Gasteiger partial charge < -0.3 is 5.32 Å². The van der Waals surface area contributed by atoms with E-state index in [1.54, 1.807) is 23.9 Å². The van der Waals surface area contributed by atoms with Gasteiger partial charge in [0, 0.05) is 21.7 Å². The molecule has 0 aliphatic heterocycles. The zero-order valence-electron chi connectivity index (χ0n) is 9.07. The Balaban J connectivity index is 2.45. The molecule has 0 aromatic heterocycles. The summed E-state index contributed by atoms with van der Waals surface area (Å²) in [5.41, 5.74) is 0.582. The Hall–Kier alpha value is -0.570. The van der Waals surface area contributed by atoms with Gasteiger partial charge in [0.05, 0.1) is 11.3 Å². The molecule has 5 heteroatoms. The molecule has 2 nitrogen and oxygen atoms in total. The summed E-state index contributed by atoms with van der Waals surface area (Å²) < 4.78 is 0.906. The number of hydrogen-bond donors (Lipinski definition) is 2. The molecule has 1 aromatic carbocycles. The van der Waals surface area contributed by atoms with E-state index in [1.807, 2.05) is 6.07 Å². The molecule has 0 bridgehead atoms. The fourth-order valence-electron chi connectivity index (χ4n) is 1.16. The molecular formula is C12H12BrNOS2. The molecule has 0 unspecified atom stereocenters. The number of rotatable bonds is 5. The lowest BCUT2D eigenvalue weighted by Crippen LogP contribution is -2.26. The molecule has 0 atom stereocenters. The van der Waals surface area contributed by atoms with Crippen molar-refractivity contribution >= 4 is 46.2 Å². The van der Waals surface area contributed by atoms with E-state index >= 15 is 0 Å². The standard InChI is InChI=1S/C12H12BrNOS2/c1-2-6-17-7-5-14-12(15)10-4-3-9(13)8-11(10)16/h1,3-4,8,16H,5-7H2,(H,14,15). The van der Waals surface area contributed by atoms with Crippen molar-refractivity contribution in [3.63, 3.8) is 0 Å². The minimum absolute atomic E-state index is 0.108. The van der Waals surface area contributed by atoms with Crippen molar-refractivity contribution in [2.75, 3.05) is 18.1 Å². The van der Waals surface area contributed by atoms with Crippen molar-refractivity contribution in [3.8, 4) is 12.3 Å². The van der Waals surface area contributed by atoms with Gasteiger partial charge >= 0.3 is 0 Å². The average Bonchev–Trinajstić information content (AvgIpc) is 2.28. The molecule has 0 spiro atoms. The lowest BCUT2D eigenvalue weighted by molar-refractivity contribution is 0.0953. The third-order valence-corrected chi connectivity index (χ3v) is 3.65. The van der Waals surface area contributed by atoms with Crippen LogP contribution in [0.2, 0.25) is 0 Å². The number of amides is 1. The van der Waals surface area contributed by atoms with E-state index in [4.69, 9.17) is 6.42 Å². The number of nitrogens with one attached hydrogen (secondary N) is 1. The molecule has 17 heavy (non-hydrogen) atoms. The minimum Gasteiger partial charge on any atom is -0.351 e. The van der Waals surface area contributed by atoms with Crippen molar-refractivity contribution in [1.82, 2.24) is 5.32 Å². The lowest BCUT2D eigenvalue weighted by Gasteiger charge is -2.06. The van der Waals surface area contributed by atoms with Gasteiger partial charge in [-0.3, -0.25) is 4.79 Å². The predicted octanol–water partition coefficient (Wildman–Crippen LogP) is 2.83. The second-order valence-electron chi connectivity index (χ2n) is 3.17. The number of hydrogen-bond acceptors (Lipinski definition) is 3. The SMILES string of the molecule is C#CCSCCNC(=O)c1ccc(Br)cc1S. The normalized spacial score (nSPS) is 9.71. The predicted molar refractivity (Wildman–Crippen MR) is 79.9 cm³/mol. The van der Waals surface area contributed by atoms with Gasteiger partial charge in [-0.1, -0.05) is 21.9 Å². The van der Waals surface area contributed by atoms with E-state index in [1.165, 1.54) is 0 Å². The summed E-state index contributed by atoms with van der Waals surface area (Å²) in [5, 5.41) is 2.83. The summed E-state index contributed by atoms with van der Waals surface area (Å²) in [7, 11) is 0. The van der Waals surface area contributed by atoms with Crippen LogP contribution in [-0.2, 0) is 0 Å². The van der Waals surface area contributed by atoms with Crippen LogP contribution in [0, 0.1) is 12.3 Å². The highest BCUT2D eigenvalue weighted by molar-refractivity contribution is 9.10. The van der Waals surface area contributed by atoms with Crippen LogP contribution in [0.4, 0.5) is 0 Å². The Bertz CT molecular complexity index is 443. The number of thiol groups is 1. The van der Waals surface area contributed by atoms with E-state index in [0.29, 0.717) is 22.8 Å². The van der Waals surface area contributed by atoms with Gasteiger partial charge in [0.2, 0.25) is 0 Å². The van der Waals surface area contributed by atoms with Crippen molar-refractivity contribution in [1.29, 1.82) is 0 Å². The third kappa shape index (κ3) is 5.07. The minimum atomic E-state index is -0.108. The van der Waals surface area contributed by atoms with Crippen LogP contribution >= 0.6 is 40.3 Å². The Morgan fingerprint density at radius 1 is 1.59 bits per heavy atom. The number of benzene rings is 1. The highest BCUT2D eigenvalue weighted by Gasteiger charge is 2.08. The van der Waals surface area contributed by atoms with Crippen LogP contribution in [0.5, 0.6) is 0 Å². The number of carbonyl (C=O) groups excluding carboxylic acids is 1. The van der Waals surface area contributed by atoms with Gasteiger partial charge in [-0.2, -0.15) is 0 Å². The van der Waals surface area contributed by atoms with Crippen LogP contribution in [-0.4, -0.2) is 24.0 Å². The van der Waals surface area contributed by atoms with Gasteiger partial charge in [0.25, 0.3) is 5.91 Å². The maximum Gasteiger partial charge on any atom is 0.252 e. The summed E-state index contributed by atoms with van der Waals surface area (Å²) in [4.78, 5) is 12.4. The zero-order chi connectivity index (χ0) is 12.7. The molecule has 1 aromatic rings. The highest BCUT2D eigenvalue weighted by Crippen LogP contribution is 2.19. The molecule has 1 rings (SSSR count). The molecular weight excluding hydrogens is 318 g/mol. The molecule has 0 saturated carbocycles. The van der Waals surface area contributed by atoms with Crippen molar-refractivity contribution in [2.45, 2.75) is 4.90 Å². The number of terminal acetylenes is 1. The first-order valence-electron chi connectivity index (χ1n) is 4.93. The van der Waals surface area contributed by atoms with Crippen molar-refractivity contribution < 1.29 is 4.79 Å². The van der Waals surface area contributed by atoms with Crippen LogP contribution in [0.3, 0.4) is 0 Å². The molecule has 90 valence electrons. The summed E-state index contributed by atoms with van der Waals surface area (Å²) in [6, 6.07) is 5.36. The molecule has 0 radical (unpaired) electrons. The Labute approximate surface area is 119 Å². The average molecular weight is 330 g/mol. The Morgan fingerprint density at radius 3 is 3.00 bits per heavy atom. The monoisotopic (exact) mass is 329 g/mol. The van der Waals surface area contributed by atoms with Gasteiger partial charge in [0.15, 0.2) is 0 Å². The van der Waals surface area contributed by atoms with E-state index in [2.05, 4.69) is 39.8 Å². The lowest BCUT2D eigenvalue weighted by atomic mass is 10.2. The largest absolute Gasteiger partial charge is 0.351 e. The van der Waals surface area contributed by atoms with Crippen LogP contribution in [0.1, 0.15) is 10.4 Å². The highest BCUT2D eigenvalue weighted by atomic mass is 79.9.